The first-order chi connectivity index (χ1) is 5.65. The first-order valence-electron chi connectivity index (χ1n) is 4.34. The van der Waals surface area contributed by atoms with E-state index in [1.807, 2.05) is 6.92 Å². The average molecular weight is 174 g/mol. The molecule has 1 saturated heterocycles. The monoisotopic (exact) mass is 174 g/mol. The molecule has 0 saturated carbocycles. The normalized spacial score (nSPS) is 39.5. The van der Waals surface area contributed by atoms with Gasteiger partial charge in [0, 0.05) is 13.2 Å². The van der Waals surface area contributed by atoms with E-state index in [0.717, 1.165) is 12.8 Å². The minimum atomic E-state index is -0.283. The lowest BCUT2D eigenvalue weighted by Crippen LogP contribution is -2.49. The highest BCUT2D eigenvalue weighted by Gasteiger charge is 2.30. The van der Waals surface area contributed by atoms with Crippen molar-refractivity contribution in [1.29, 1.82) is 0 Å². The van der Waals surface area contributed by atoms with E-state index in [4.69, 9.17) is 20.9 Å². The van der Waals surface area contributed by atoms with E-state index in [0.29, 0.717) is 0 Å². The summed E-state index contributed by atoms with van der Waals surface area (Å²) < 4.78 is 10.6. The summed E-state index contributed by atoms with van der Waals surface area (Å²) >= 11 is 0. The zero-order chi connectivity index (χ0) is 9.14. The maximum atomic E-state index is 5.76. The molecule has 1 aliphatic rings. The summed E-state index contributed by atoms with van der Waals surface area (Å²) in [5.41, 5.74) is 11.5. The van der Waals surface area contributed by atoms with Gasteiger partial charge in [-0.2, -0.15) is 0 Å². The van der Waals surface area contributed by atoms with Crippen LogP contribution in [0.1, 0.15) is 19.8 Å². The summed E-state index contributed by atoms with van der Waals surface area (Å²) in [4.78, 5) is 0. The van der Waals surface area contributed by atoms with Crippen LogP contribution < -0.4 is 11.5 Å². The molecule has 0 spiro atoms. The van der Waals surface area contributed by atoms with Crippen molar-refractivity contribution in [2.24, 2.45) is 11.5 Å². The van der Waals surface area contributed by atoms with Gasteiger partial charge in [0.2, 0.25) is 0 Å². The van der Waals surface area contributed by atoms with Gasteiger partial charge in [0.15, 0.2) is 6.29 Å². The lowest BCUT2D eigenvalue weighted by atomic mass is 10.0. The van der Waals surface area contributed by atoms with E-state index < -0.39 is 0 Å². The van der Waals surface area contributed by atoms with Crippen LogP contribution in [0.15, 0.2) is 0 Å². The van der Waals surface area contributed by atoms with Crippen molar-refractivity contribution in [1.82, 2.24) is 0 Å². The predicted molar refractivity (Wildman–Crippen MR) is 46.5 cm³/mol. The molecule has 4 unspecified atom stereocenters. The number of hydrogen-bond donors (Lipinski definition) is 2. The Hall–Kier alpha value is -0.160. The zero-order valence-corrected chi connectivity index (χ0v) is 7.69. The molecule has 0 aromatic rings. The molecule has 0 aliphatic carbocycles. The maximum Gasteiger partial charge on any atom is 0.172 e. The van der Waals surface area contributed by atoms with Gasteiger partial charge in [0.05, 0.1) is 12.1 Å². The Bertz CT molecular complexity index is 141. The molecule has 72 valence electrons. The fourth-order valence-electron chi connectivity index (χ4n) is 1.45. The second-order valence-corrected chi connectivity index (χ2v) is 3.38. The van der Waals surface area contributed by atoms with Gasteiger partial charge in [-0.25, -0.2) is 0 Å². The van der Waals surface area contributed by atoms with E-state index in [1.54, 1.807) is 7.11 Å². The van der Waals surface area contributed by atoms with Gasteiger partial charge in [-0.05, 0) is 19.8 Å². The van der Waals surface area contributed by atoms with Crippen molar-refractivity contribution in [2.45, 2.75) is 44.2 Å². The van der Waals surface area contributed by atoms with E-state index in [2.05, 4.69) is 0 Å². The predicted octanol–water partition coefficient (Wildman–Crippen LogP) is -0.188. The Balaban J connectivity index is 2.44. The van der Waals surface area contributed by atoms with E-state index >= 15 is 0 Å². The highest BCUT2D eigenvalue weighted by molar-refractivity contribution is 4.80. The lowest BCUT2D eigenvalue weighted by molar-refractivity contribution is -0.192. The van der Waals surface area contributed by atoms with Gasteiger partial charge in [0.1, 0.15) is 0 Å². The molecule has 1 rings (SSSR count). The molecule has 0 amide bonds. The minimum Gasteiger partial charge on any atom is -0.354 e. The summed E-state index contributed by atoms with van der Waals surface area (Å²) in [7, 11) is 1.61. The smallest absolute Gasteiger partial charge is 0.172 e. The summed E-state index contributed by atoms with van der Waals surface area (Å²) in [6.45, 7) is 1.94. The second-order valence-electron chi connectivity index (χ2n) is 3.38. The quantitative estimate of drug-likeness (QED) is 0.609. The second kappa shape index (κ2) is 4.18. The minimum absolute atomic E-state index is 0.00926. The topological polar surface area (TPSA) is 70.5 Å². The van der Waals surface area contributed by atoms with Crippen molar-refractivity contribution < 1.29 is 9.47 Å². The van der Waals surface area contributed by atoms with Crippen LogP contribution in [-0.2, 0) is 9.47 Å². The molecule has 4 atom stereocenters. The van der Waals surface area contributed by atoms with Crippen LogP contribution in [0.25, 0.3) is 0 Å². The SMILES string of the molecule is COC1OC(C(C)N)CCC1N. The van der Waals surface area contributed by atoms with E-state index in [9.17, 15) is 0 Å². The van der Waals surface area contributed by atoms with Gasteiger partial charge in [-0.1, -0.05) is 0 Å². The van der Waals surface area contributed by atoms with Gasteiger partial charge in [-0.15, -0.1) is 0 Å². The number of hydrogen-bond acceptors (Lipinski definition) is 4. The van der Waals surface area contributed by atoms with Crippen molar-refractivity contribution >= 4 is 0 Å². The first kappa shape index (κ1) is 9.92. The van der Waals surface area contributed by atoms with Gasteiger partial charge >= 0.3 is 0 Å². The molecule has 0 bridgehead atoms. The largest absolute Gasteiger partial charge is 0.354 e. The van der Waals surface area contributed by atoms with Gasteiger partial charge < -0.3 is 20.9 Å². The molecular weight excluding hydrogens is 156 g/mol. The molecule has 0 aromatic carbocycles. The molecule has 4 N–H and O–H groups in total. The number of ether oxygens (including phenoxy) is 2. The summed E-state index contributed by atoms with van der Waals surface area (Å²) in [6.07, 6.45) is 1.66. The molecule has 4 heteroatoms. The van der Waals surface area contributed by atoms with Crippen molar-refractivity contribution in [3.63, 3.8) is 0 Å². The van der Waals surface area contributed by atoms with Crippen LogP contribution in [0.3, 0.4) is 0 Å². The van der Waals surface area contributed by atoms with Crippen molar-refractivity contribution in [3.05, 3.63) is 0 Å². The standard InChI is InChI=1S/C8H18N2O2/c1-5(9)7-4-3-6(10)8(11-2)12-7/h5-8H,3-4,9-10H2,1-2H3. The maximum absolute atomic E-state index is 5.76. The molecule has 0 radical (unpaired) electrons. The Morgan fingerprint density at radius 2 is 2.17 bits per heavy atom. The molecule has 1 fully saturated rings. The summed E-state index contributed by atoms with van der Waals surface area (Å²) in [5.74, 6) is 0. The van der Waals surface area contributed by atoms with Gasteiger partial charge in [-0.3, -0.25) is 0 Å². The molecule has 1 heterocycles. The zero-order valence-electron chi connectivity index (χ0n) is 7.69. The Kier molecular flexibility index (Phi) is 3.46. The third-order valence-corrected chi connectivity index (χ3v) is 2.26. The molecule has 12 heavy (non-hydrogen) atoms. The summed E-state index contributed by atoms with van der Waals surface area (Å²) in [5, 5.41) is 0. The molecule has 1 aliphatic heterocycles. The first-order valence-corrected chi connectivity index (χ1v) is 4.34. The number of rotatable bonds is 2. The fourth-order valence-corrected chi connectivity index (χ4v) is 1.45. The molecule has 4 nitrogen and oxygen atoms in total. The van der Waals surface area contributed by atoms with Crippen LogP contribution >= 0.6 is 0 Å². The molecule has 0 aromatic heterocycles. The van der Waals surface area contributed by atoms with Crippen molar-refractivity contribution in [2.75, 3.05) is 7.11 Å². The third kappa shape index (κ3) is 2.17. The summed E-state index contributed by atoms with van der Waals surface area (Å²) in [6, 6.07) is 0.0418. The van der Waals surface area contributed by atoms with Gasteiger partial charge in [0.25, 0.3) is 0 Å². The van der Waals surface area contributed by atoms with Crippen LogP contribution in [0, 0.1) is 0 Å². The van der Waals surface area contributed by atoms with Crippen LogP contribution in [0.5, 0.6) is 0 Å². The van der Waals surface area contributed by atoms with Crippen molar-refractivity contribution in [3.8, 4) is 0 Å². The van der Waals surface area contributed by atoms with E-state index in [-0.39, 0.29) is 24.5 Å². The average Bonchev–Trinajstić information content (AvgIpc) is 2.05. The van der Waals surface area contributed by atoms with Crippen LogP contribution in [0.4, 0.5) is 0 Å². The molecular formula is C8H18N2O2. The van der Waals surface area contributed by atoms with Crippen LogP contribution in [-0.4, -0.2) is 31.6 Å². The number of methoxy groups -OCH3 is 1. The Labute approximate surface area is 73.2 Å². The third-order valence-electron chi connectivity index (χ3n) is 2.26. The lowest BCUT2D eigenvalue weighted by Gasteiger charge is -2.35. The fraction of sp³-hybridized carbons (Fsp3) is 1.00. The Morgan fingerprint density at radius 1 is 1.50 bits per heavy atom. The van der Waals surface area contributed by atoms with Crippen LogP contribution in [0.2, 0.25) is 0 Å². The highest BCUT2D eigenvalue weighted by atomic mass is 16.7. The highest BCUT2D eigenvalue weighted by Crippen LogP contribution is 2.20. The number of nitrogens with two attached hydrogens (primary N) is 2. The van der Waals surface area contributed by atoms with E-state index in [1.165, 1.54) is 0 Å². The Morgan fingerprint density at radius 3 is 2.67 bits per heavy atom.